The lowest BCUT2D eigenvalue weighted by Gasteiger charge is -2.50. The number of nitrogens with zero attached hydrogens (tertiary/aromatic N) is 4. The van der Waals surface area contributed by atoms with E-state index in [9.17, 15) is 14.7 Å². The molecule has 0 fully saturated rings. The Labute approximate surface area is 204 Å². The van der Waals surface area contributed by atoms with Gasteiger partial charge in [-0.25, -0.2) is 14.3 Å². The highest BCUT2D eigenvalue weighted by Crippen LogP contribution is 2.55. The molecule has 35 heavy (non-hydrogen) atoms. The number of allylic oxidation sites excluding steroid dienone is 2. The number of carboxylic acid groups (broad SMARTS) is 1. The molecule has 180 valence electrons. The molecular formula is C28H30N4O3. The second-order valence-electron chi connectivity index (χ2n) is 10.5. The molecule has 0 unspecified atom stereocenters. The van der Waals surface area contributed by atoms with Gasteiger partial charge in [0.15, 0.2) is 11.3 Å². The molecule has 1 aromatic carbocycles. The molecule has 0 radical (unpaired) electrons. The van der Waals surface area contributed by atoms with Crippen LogP contribution in [0.4, 0.5) is 0 Å². The fourth-order valence-electron chi connectivity index (χ4n) is 5.91. The number of benzene rings is 1. The van der Waals surface area contributed by atoms with E-state index in [1.165, 1.54) is 11.1 Å². The third kappa shape index (κ3) is 3.75. The number of hydrogen-bond acceptors (Lipinski definition) is 4. The van der Waals surface area contributed by atoms with Crippen molar-refractivity contribution in [1.82, 2.24) is 19.5 Å². The summed E-state index contributed by atoms with van der Waals surface area (Å²) in [6.07, 6.45) is 5.25. The number of carboxylic acids is 1. The van der Waals surface area contributed by atoms with Crippen molar-refractivity contribution in [2.45, 2.75) is 41.0 Å². The van der Waals surface area contributed by atoms with E-state index in [-0.39, 0.29) is 22.3 Å². The van der Waals surface area contributed by atoms with Crippen molar-refractivity contribution in [3.8, 4) is 0 Å². The van der Waals surface area contributed by atoms with Crippen molar-refractivity contribution in [2.75, 3.05) is 13.1 Å². The second kappa shape index (κ2) is 7.90. The number of aromatic nitrogens is 3. The summed E-state index contributed by atoms with van der Waals surface area (Å²) < 4.78 is 1.72. The predicted molar refractivity (Wildman–Crippen MR) is 134 cm³/mol. The van der Waals surface area contributed by atoms with E-state index < -0.39 is 5.97 Å². The van der Waals surface area contributed by atoms with E-state index in [1.807, 2.05) is 36.9 Å². The van der Waals surface area contributed by atoms with Crippen LogP contribution in [-0.4, -0.2) is 49.6 Å². The summed E-state index contributed by atoms with van der Waals surface area (Å²) in [5.41, 5.74) is 6.34. The molecule has 0 saturated heterocycles. The van der Waals surface area contributed by atoms with Crippen LogP contribution in [0.2, 0.25) is 0 Å². The van der Waals surface area contributed by atoms with Crippen LogP contribution in [0.3, 0.4) is 0 Å². The SMILES string of the molecule is Cc1cc(C)n2nc(C(=O)N3CC=C4C(C)(C)C(c5ccc(C(=O)O)cc5)=CC[C@]4(C)C3)cc2n1. The van der Waals surface area contributed by atoms with E-state index in [0.29, 0.717) is 24.4 Å². The number of rotatable bonds is 3. The smallest absolute Gasteiger partial charge is 0.335 e. The molecule has 7 nitrogen and oxygen atoms in total. The summed E-state index contributed by atoms with van der Waals surface area (Å²) >= 11 is 0. The molecule has 3 heterocycles. The molecule has 1 aliphatic carbocycles. The van der Waals surface area contributed by atoms with Crippen molar-refractivity contribution < 1.29 is 14.7 Å². The highest BCUT2D eigenvalue weighted by Gasteiger charge is 2.46. The molecule has 1 aliphatic heterocycles. The van der Waals surface area contributed by atoms with Gasteiger partial charge in [0.1, 0.15) is 0 Å². The van der Waals surface area contributed by atoms with Crippen LogP contribution in [0, 0.1) is 24.7 Å². The molecular weight excluding hydrogens is 440 g/mol. The minimum absolute atomic E-state index is 0.0825. The van der Waals surface area contributed by atoms with Gasteiger partial charge in [0.05, 0.1) is 5.56 Å². The lowest BCUT2D eigenvalue weighted by Crippen LogP contribution is -2.48. The highest BCUT2D eigenvalue weighted by atomic mass is 16.4. The molecule has 0 spiro atoms. The maximum atomic E-state index is 13.4. The van der Waals surface area contributed by atoms with Gasteiger partial charge in [-0.05, 0) is 49.6 Å². The lowest BCUT2D eigenvalue weighted by molar-refractivity contribution is 0.0673. The van der Waals surface area contributed by atoms with Gasteiger partial charge in [-0.15, -0.1) is 0 Å². The lowest BCUT2D eigenvalue weighted by atomic mass is 9.58. The highest BCUT2D eigenvalue weighted by molar-refractivity contribution is 5.94. The van der Waals surface area contributed by atoms with Crippen molar-refractivity contribution in [3.63, 3.8) is 0 Å². The first-order valence-electron chi connectivity index (χ1n) is 11.9. The van der Waals surface area contributed by atoms with Gasteiger partial charge in [0, 0.05) is 41.4 Å². The Morgan fingerprint density at radius 3 is 2.43 bits per heavy atom. The van der Waals surface area contributed by atoms with E-state index in [1.54, 1.807) is 22.7 Å². The Morgan fingerprint density at radius 1 is 1.03 bits per heavy atom. The maximum absolute atomic E-state index is 13.4. The van der Waals surface area contributed by atoms with Gasteiger partial charge in [-0.2, -0.15) is 5.10 Å². The first-order chi connectivity index (χ1) is 16.5. The molecule has 0 bridgehead atoms. The number of carbonyl (C=O) groups excluding carboxylic acids is 1. The Kier molecular flexibility index (Phi) is 5.20. The number of amides is 1. The van der Waals surface area contributed by atoms with Gasteiger partial charge < -0.3 is 10.0 Å². The summed E-state index contributed by atoms with van der Waals surface area (Å²) in [4.78, 5) is 31.1. The summed E-state index contributed by atoms with van der Waals surface area (Å²) in [7, 11) is 0. The number of aryl methyl sites for hydroxylation is 2. The topological polar surface area (TPSA) is 87.8 Å². The fourth-order valence-corrected chi connectivity index (χ4v) is 5.91. The Balaban J connectivity index is 1.43. The Hall–Kier alpha value is -3.74. The van der Waals surface area contributed by atoms with Crippen molar-refractivity contribution in [2.24, 2.45) is 10.8 Å². The third-order valence-electron chi connectivity index (χ3n) is 7.49. The zero-order chi connectivity index (χ0) is 25.1. The van der Waals surface area contributed by atoms with E-state index in [4.69, 9.17) is 0 Å². The largest absolute Gasteiger partial charge is 0.478 e. The van der Waals surface area contributed by atoms with Gasteiger partial charge in [0.25, 0.3) is 5.91 Å². The number of hydrogen-bond donors (Lipinski definition) is 1. The van der Waals surface area contributed by atoms with E-state index in [2.05, 4.69) is 43.0 Å². The number of carbonyl (C=O) groups is 2. The van der Waals surface area contributed by atoms with Crippen molar-refractivity contribution in [3.05, 3.63) is 82.3 Å². The monoisotopic (exact) mass is 470 g/mol. The van der Waals surface area contributed by atoms with Crippen molar-refractivity contribution in [1.29, 1.82) is 0 Å². The molecule has 0 saturated carbocycles. The van der Waals surface area contributed by atoms with Crippen molar-refractivity contribution >= 4 is 23.1 Å². The van der Waals surface area contributed by atoms with Gasteiger partial charge >= 0.3 is 5.97 Å². The molecule has 5 rings (SSSR count). The van der Waals surface area contributed by atoms with Crippen LogP contribution in [-0.2, 0) is 0 Å². The third-order valence-corrected chi connectivity index (χ3v) is 7.49. The Bertz CT molecular complexity index is 1430. The van der Waals surface area contributed by atoms with E-state index in [0.717, 1.165) is 23.4 Å². The standard InChI is InChI=1S/C28H30N4O3/c1-17-14-18(2)32-24(29-17)15-22(30-32)25(33)31-13-11-23-27(3,4)21(10-12-28(23,5)16-31)19-6-8-20(9-7-19)26(34)35/h6-11,14-15H,12-13,16H2,1-5H3,(H,34,35)/t28-/m1/s1. The van der Waals surface area contributed by atoms with Crippen LogP contribution in [0.1, 0.15) is 65.0 Å². The average molecular weight is 471 g/mol. The molecule has 2 aromatic heterocycles. The number of aromatic carboxylic acids is 1. The minimum Gasteiger partial charge on any atom is -0.478 e. The molecule has 1 N–H and O–H groups in total. The quantitative estimate of drug-likeness (QED) is 0.548. The fraction of sp³-hybridized carbons (Fsp3) is 0.357. The van der Waals surface area contributed by atoms with Crippen LogP contribution in [0.25, 0.3) is 11.2 Å². The van der Waals surface area contributed by atoms with Crippen LogP contribution >= 0.6 is 0 Å². The average Bonchev–Trinajstić information content (AvgIpc) is 3.22. The summed E-state index contributed by atoms with van der Waals surface area (Å²) in [6.45, 7) is 11.7. The first kappa shape index (κ1) is 23.0. The summed E-state index contributed by atoms with van der Waals surface area (Å²) in [6, 6.07) is 10.8. The van der Waals surface area contributed by atoms with E-state index >= 15 is 0 Å². The van der Waals surface area contributed by atoms with Crippen LogP contribution in [0.5, 0.6) is 0 Å². The van der Waals surface area contributed by atoms with Gasteiger partial charge in [-0.3, -0.25) is 4.79 Å². The molecule has 2 aliphatic rings. The number of fused-ring (bicyclic) bond motifs is 2. The zero-order valence-corrected chi connectivity index (χ0v) is 20.8. The maximum Gasteiger partial charge on any atom is 0.335 e. The predicted octanol–water partition coefficient (Wildman–Crippen LogP) is 4.95. The second-order valence-corrected chi connectivity index (χ2v) is 10.5. The van der Waals surface area contributed by atoms with Gasteiger partial charge in [-0.1, -0.05) is 50.6 Å². The van der Waals surface area contributed by atoms with Crippen LogP contribution in [0.15, 0.2) is 54.1 Å². The van der Waals surface area contributed by atoms with Gasteiger partial charge in [0.2, 0.25) is 0 Å². The summed E-state index contributed by atoms with van der Waals surface area (Å²) in [5, 5.41) is 13.8. The molecule has 1 amide bonds. The molecule has 1 atom stereocenters. The minimum atomic E-state index is -0.924. The molecule has 3 aromatic rings. The molecule has 7 heteroatoms. The normalized spacial score (nSPS) is 21.3. The summed E-state index contributed by atoms with van der Waals surface area (Å²) in [5.74, 6) is -1.01. The van der Waals surface area contributed by atoms with Crippen LogP contribution < -0.4 is 0 Å². The zero-order valence-electron chi connectivity index (χ0n) is 20.8. The first-order valence-corrected chi connectivity index (χ1v) is 11.9. The Morgan fingerprint density at radius 2 is 1.74 bits per heavy atom.